The molecule has 0 N–H and O–H groups in total. The Balaban J connectivity index is 1.49. The van der Waals surface area contributed by atoms with Gasteiger partial charge in [-0.15, -0.1) is 0 Å². The van der Waals surface area contributed by atoms with Gasteiger partial charge in [0.2, 0.25) is 0 Å². The van der Waals surface area contributed by atoms with Crippen molar-refractivity contribution in [3.8, 4) is 0 Å². The molecule has 0 aromatic heterocycles. The van der Waals surface area contributed by atoms with Crippen LogP contribution in [0.1, 0.15) is 42.7 Å². The van der Waals surface area contributed by atoms with E-state index in [0.29, 0.717) is 23.5 Å². The van der Waals surface area contributed by atoms with Gasteiger partial charge in [0, 0.05) is 17.1 Å². The van der Waals surface area contributed by atoms with Gasteiger partial charge in [0.1, 0.15) is 6.10 Å². The van der Waals surface area contributed by atoms with E-state index in [1.54, 1.807) is 0 Å². The van der Waals surface area contributed by atoms with Gasteiger partial charge in [-0.1, -0.05) is 54.1 Å². The number of esters is 1. The monoisotopic (exact) mass is 383 g/mol. The number of rotatable bonds is 5. The Kier molecular flexibility index (Phi) is 5.51. The minimum Gasteiger partial charge on any atom is -0.462 e. The van der Waals surface area contributed by atoms with Crippen molar-refractivity contribution in [1.82, 2.24) is 4.90 Å². The second-order valence-electron chi connectivity index (χ2n) is 7.87. The highest BCUT2D eigenvalue weighted by atomic mass is 35.5. The Morgan fingerprint density at radius 3 is 2.33 bits per heavy atom. The Hall–Kier alpha value is -1.84. The number of nitrogens with zero attached hydrogens (tertiary/aromatic N) is 1. The molecule has 27 heavy (non-hydrogen) atoms. The molecule has 2 aromatic rings. The molecule has 2 aromatic carbocycles. The summed E-state index contributed by atoms with van der Waals surface area (Å²) >= 11 is 6.01. The smallest absolute Gasteiger partial charge is 0.314 e. The molecule has 2 aliphatic rings. The van der Waals surface area contributed by atoms with Crippen molar-refractivity contribution in [3.63, 3.8) is 0 Å². The second kappa shape index (κ2) is 8.04. The van der Waals surface area contributed by atoms with Crippen LogP contribution < -0.4 is 0 Å². The number of benzene rings is 2. The average molecular weight is 384 g/mol. The van der Waals surface area contributed by atoms with Crippen LogP contribution in [0.2, 0.25) is 5.02 Å². The van der Waals surface area contributed by atoms with E-state index in [1.165, 1.54) is 12.8 Å². The van der Waals surface area contributed by atoms with Crippen molar-refractivity contribution in [1.29, 1.82) is 0 Å². The molecular formula is C23H26ClNO2. The number of hydrogen-bond acceptors (Lipinski definition) is 3. The molecule has 2 saturated heterocycles. The van der Waals surface area contributed by atoms with Crippen LogP contribution in [-0.4, -0.2) is 36.1 Å². The highest BCUT2D eigenvalue weighted by molar-refractivity contribution is 6.30. The lowest BCUT2D eigenvalue weighted by Crippen LogP contribution is -2.43. The van der Waals surface area contributed by atoms with E-state index in [1.807, 2.05) is 54.6 Å². The summed E-state index contributed by atoms with van der Waals surface area (Å²) in [7, 11) is 2.20. The first-order valence-electron chi connectivity index (χ1n) is 9.82. The second-order valence-corrected chi connectivity index (χ2v) is 8.31. The zero-order valence-electron chi connectivity index (χ0n) is 15.7. The summed E-state index contributed by atoms with van der Waals surface area (Å²) in [6, 6.07) is 18.8. The maximum absolute atomic E-state index is 13.1. The molecule has 0 spiro atoms. The summed E-state index contributed by atoms with van der Waals surface area (Å²) in [5.74, 6) is -0.394. The maximum Gasteiger partial charge on any atom is 0.314 e. The van der Waals surface area contributed by atoms with Crippen LogP contribution in [0, 0.1) is 0 Å². The van der Waals surface area contributed by atoms with E-state index in [2.05, 4.69) is 11.9 Å². The fourth-order valence-electron chi connectivity index (χ4n) is 4.58. The van der Waals surface area contributed by atoms with E-state index < -0.39 is 0 Å². The summed E-state index contributed by atoms with van der Waals surface area (Å²) < 4.78 is 6.04. The first-order chi connectivity index (χ1) is 13.1. The minimum absolute atomic E-state index is 0.0441. The van der Waals surface area contributed by atoms with Crippen LogP contribution in [0.25, 0.3) is 0 Å². The van der Waals surface area contributed by atoms with Crippen molar-refractivity contribution in [2.45, 2.75) is 56.2 Å². The zero-order chi connectivity index (χ0) is 18.8. The lowest BCUT2D eigenvalue weighted by molar-refractivity contribution is -0.154. The van der Waals surface area contributed by atoms with Gasteiger partial charge in [0.25, 0.3) is 0 Å². The van der Waals surface area contributed by atoms with Crippen LogP contribution in [0.4, 0.5) is 0 Å². The largest absolute Gasteiger partial charge is 0.462 e. The molecule has 2 fully saturated rings. The van der Waals surface area contributed by atoms with Crippen LogP contribution in [-0.2, 0) is 16.0 Å². The SMILES string of the molecule is CN1[C@@H]2CC[C@H]1C[C@@H](OC(=O)C(Cc1ccc(Cl)cc1)c1ccccc1)C2. The van der Waals surface area contributed by atoms with Crippen LogP contribution in [0.15, 0.2) is 54.6 Å². The molecule has 3 nitrogen and oxygen atoms in total. The molecule has 4 rings (SSSR count). The highest BCUT2D eigenvalue weighted by Gasteiger charge is 2.40. The standard InChI is InChI=1S/C23H26ClNO2/c1-25-19-11-12-20(25)15-21(14-19)27-23(26)22(17-5-3-2-4-6-17)13-16-7-9-18(24)10-8-16/h2-10,19-22H,11-15H2,1H3/t19-,20+,21+,22?. The summed E-state index contributed by atoms with van der Waals surface area (Å²) in [5.41, 5.74) is 2.10. The fraction of sp³-hybridized carbons (Fsp3) is 0.435. The van der Waals surface area contributed by atoms with Crippen LogP contribution >= 0.6 is 11.6 Å². The average Bonchev–Trinajstić information content (AvgIpc) is 2.89. The Morgan fingerprint density at radius 1 is 1.07 bits per heavy atom. The number of hydrogen-bond donors (Lipinski definition) is 0. The van der Waals surface area contributed by atoms with E-state index in [9.17, 15) is 4.79 Å². The lowest BCUT2D eigenvalue weighted by Gasteiger charge is -2.36. The molecule has 4 heteroatoms. The van der Waals surface area contributed by atoms with Gasteiger partial charge in [-0.25, -0.2) is 0 Å². The van der Waals surface area contributed by atoms with Crippen LogP contribution in [0.5, 0.6) is 0 Å². The predicted molar refractivity (Wildman–Crippen MR) is 108 cm³/mol. The number of carbonyl (C=O) groups excluding carboxylic acids is 1. The number of fused-ring (bicyclic) bond motifs is 2. The van der Waals surface area contributed by atoms with Gasteiger partial charge in [-0.05, 0) is 62.4 Å². The predicted octanol–water partition coefficient (Wildman–Crippen LogP) is 4.83. The summed E-state index contributed by atoms with van der Waals surface area (Å²) in [4.78, 5) is 15.6. The molecule has 1 unspecified atom stereocenters. The van der Waals surface area contributed by atoms with Crippen molar-refractivity contribution >= 4 is 17.6 Å². The molecule has 0 amide bonds. The normalized spacial score (nSPS) is 25.9. The van der Waals surface area contributed by atoms with E-state index in [4.69, 9.17) is 16.3 Å². The third-order valence-electron chi connectivity index (χ3n) is 6.18. The molecule has 2 bridgehead atoms. The number of halogens is 1. The van der Waals surface area contributed by atoms with Gasteiger partial charge in [0.15, 0.2) is 0 Å². The summed E-state index contributed by atoms with van der Waals surface area (Å²) in [5, 5.41) is 0.708. The quantitative estimate of drug-likeness (QED) is 0.692. The van der Waals surface area contributed by atoms with Gasteiger partial charge in [0.05, 0.1) is 5.92 Å². The Labute approximate surface area is 166 Å². The van der Waals surface area contributed by atoms with Gasteiger partial charge in [-0.2, -0.15) is 0 Å². The topological polar surface area (TPSA) is 29.5 Å². The molecule has 2 aliphatic heterocycles. The highest BCUT2D eigenvalue weighted by Crippen LogP contribution is 2.36. The fourth-order valence-corrected chi connectivity index (χ4v) is 4.71. The number of piperidine rings is 1. The molecule has 2 heterocycles. The van der Waals surface area contributed by atoms with Crippen molar-refractivity contribution in [2.24, 2.45) is 0 Å². The third kappa shape index (κ3) is 4.20. The minimum atomic E-state index is -0.287. The third-order valence-corrected chi connectivity index (χ3v) is 6.43. The Morgan fingerprint density at radius 2 is 1.70 bits per heavy atom. The molecule has 0 radical (unpaired) electrons. The van der Waals surface area contributed by atoms with Crippen molar-refractivity contribution in [2.75, 3.05) is 7.05 Å². The van der Waals surface area contributed by atoms with E-state index >= 15 is 0 Å². The molecule has 4 atom stereocenters. The first-order valence-corrected chi connectivity index (χ1v) is 10.2. The van der Waals surface area contributed by atoms with Crippen LogP contribution in [0.3, 0.4) is 0 Å². The summed E-state index contributed by atoms with van der Waals surface area (Å²) in [6.45, 7) is 0. The summed E-state index contributed by atoms with van der Waals surface area (Å²) in [6.07, 6.45) is 5.04. The van der Waals surface area contributed by atoms with E-state index in [-0.39, 0.29) is 18.0 Å². The van der Waals surface area contributed by atoms with Crippen molar-refractivity contribution < 1.29 is 9.53 Å². The number of ether oxygens (including phenoxy) is 1. The van der Waals surface area contributed by atoms with Gasteiger partial charge in [-0.3, -0.25) is 4.79 Å². The molecular weight excluding hydrogens is 358 g/mol. The molecule has 0 aliphatic carbocycles. The lowest BCUT2D eigenvalue weighted by atomic mass is 9.91. The Bertz CT molecular complexity index is 763. The van der Waals surface area contributed by atoms with Gasteiger partial charge < -0.3 is 9.64 Å². The molecule has 0 saturated carbocycles. The van der Waals surface area contributed by atoms with Crippen molar-refractivity contribution in [3.05, 3.63) is 70.7 Å². The van der Waals surface area contributed by atoms with Gasteiger partial charge >= 0.3 is 5.97 Å². The number of carbonyl (C=O) groups is 1. The zero-order valence-corrected chi connectivity index (χ0v) is 16.4. The van der Waals surface area contributed by atoms with E-state index in [0.717, 1.165) is 24.0 Å². The maximum atomic E-state index is 13.1. The molecule has 142 valence electrons. The first kappa shape index (κ1) is 18.5.